The minimum absolute atomic E-state index is 0.0660. The number of hydrogen-bond donors (Lipinski definition) is 1. The summed E-state index contributed by atoms with van der Waals surface area (Å²) in [6.07, 6.45) is 0. The van der Waals surface area contributed by atoms with Crippen molar-refractivity contribution in [2.45, 2.75) is 6.54 Å². The third kappa shape index (κ3) is 3.51. The molecule has 2 rings (SSSR count). The molecule has 4 nitrogen and oxygen atoms in total. The van der Waals surface area contributed by atoms with Gasteiger partial charge in [-0.05, 0) is 24.3 Å². The van der Waals surface area contributed by atoms with Crippen molar-refractivity contribution in [2.75, 3.05) is 5.32 Å². The Morgan fingerprint density at radius 2 is 1.80 bits per heavy atom. The smallest absolute Gasteiger partial charge is 0.275 e. The van der Waals surface area contributed by atoms with E-state index in [2.05, 4.69) is 21.2 Å². The summed E-state index contributed by atoms with van der Waals surface area (Å²) in [5.74, 6) is -1.42. The van der Waals surface area contributed by atoms with Gasteiger partial charge in [0.15, 0.2) is 0 Å². The van der Waals surface area contributed by atoms with Gasteiger partial charge in [0, 0.05) is 34.4 Å². The molecular weight excluding hydrogens is 334 g/mol. The molecule has 20 heavy (non-hydrogen) atoms. The van der Waals surface area contributed by atoms with Gasteiger partial charge >= 0.3 is 0 Å². The molecule has 0 radical (unpaired) electrons. The molecule has 0 aliphatic carbocycles. The van der Waals surface area contributed by atoms with E-state index in [1.165, 1.54) is 6.07 Å². The average molecular weight is 343 g/mol. The molecule has 0 bridgehead atoms. The van der Waals surface area contributed by atoms with Gasteiger partial charge in [-0.15, -0.1) is 0 Å². The van der Waals surface area contributed by atoms with Crippen LogP contribution in [0.4, 0.5) is 20.2 Å². The van der Waals surface area contributed by atoms with E-state index in [0.29, 0.717) is 10.0 Å². The molecule has 7 heteroatoms. The summed E-state index contributed by atoms with van der Waals surface area (Å²) in [6.45, 7) is 0.0898. The molecule has 0 fully saturated rings. The van der Waals surface area contributed by atoms with E-state index < -0.39 is 16.6 Å². The molecule has 0 spiro atoms. The summed E-state index contributed by atoms with van der Waals surface area (Å²) in [4.78, 5) is 10.4. The SMILES string of the molecule is O=[N+]([O-])c1cc(Br)ccc1CNc1cc(F)cc(F)c1. The highest BCUT2D eigenvalue weighted by Crippen LogP contribution is 2.24. The normalized spacial score (nSPS) is 10.3. The Labute approximate surface area is 121 Å². The third-order valence-corrected chi connectivity index (χ3v) is 3.08. The summed E-state index contributed by atoms with van der Waals surface area (Å²) >= 11 is 3.16. The first-order valence-corrected chi connectivity index (χ1v) is 6.38. The number of hydrogen-bond acceptors (Lipinski definition) is 3. The zero-order valence-electron chi connectivity index (χ0n) is 10.1. The Hall–Kier alpha value is -2.02. The van der Waals surface area contributed by atoms with Crippen molar-refractivity contribution >= 4 is 27.3 Å². The van der Waals surface area contributed by atoms with Gasteiger partial charge in [0.25, 0.3) is 5.69 Å². The number of nitro benzene ring substituents is 1. The number of rotatable bonds is 4. The maximum absolute atomic E-state index is 13.0. The van der Waals surface area contributed by atoms with Crippen molar-refractivity contribution in [1.29, 1.82) is 0 Å². The first kappa shape index (κ1) is 14.4. The van der Waals surface area contributed by atoms with Crippen LogP contribution in [0.15, 0.2) is 40.9 Å². The van der Waals surface area contributed by atoms with Crippen molar-refractivity contribution in [1.82, 2.24) is 0 Å². The molecule has 0 saturated carbocycles. The molecule has 0 aliphatic heterocycles. The van der Waals surface area contributed by atoms with Crippen LogP contribution in [0.2, 0.25) is 0 Å². The fourth-order valence-corrected chi connectivity index (χ4v) is 2.06. The third-order valence-electron chi connectivity index (χ3n) is 2.59. The Bertz CT molecular complexity index is 645. The molecule has 104 valence electrons. The molecule has 0 amide bonds. The summed E-state index contributed by atoms with van der Waals surface area (Å²) in [7, 11) is 0. The Morgan fingerprint density at radius 1 is 1.15 bits per heavy atom. The number of nitrogens with one attached hydrogen (secondary N) is 1. The predicted molar refractivity (Wildman–Crippen MR) is 74.5 cm³/mol. The van der Waals surface area contributed by atoms with Gasteiger partial charge in [-0.25, -0.2) is 8.78 Å². The minimum Gasteiger partial charge on any atom is -0.381 e. The van der Waals surface area contributed by atoms with Gasteiger partial charge in [0.1, 0.15) is 11.6 Å². The maximum Gasteiger partial charge on any atom is 0.275 e. The van der Waals surface area contributed by atoms with E-state index in [-0.39, 0.29) is 17.9 Å². The molecule has 0 atom stereocenters. The van der Waals surface area contributed by atoms with E-state index in [0.717, 1.165) is 18.2 Å². The van der Waals surface area contributed by atoms with Crippen LogP contribution in [0, 0.1) is 21.7 Å². The van der Waals surface area contributed by atoms with E-state index in [1.807, 2.05) is 0 Å². The number of anilines is 1. The second-order valence-corrected chi connectivity index (χ2v) is 4.96. The molecule has 0 heterocycles. The highest BCUT2D eigenvalue weighted by Gasteiger charge is 2.14. The first-order chi connectivity index (χ1) is 9.45. The fraction of sp³-hybridized carbons (Fsp3) is 0.0769. The lowest BCUT2D eigenvalue weighted by Gasteiger charge is -2.08. The predicted octanol–water partition coefficient (Wildman–Crippen LogP) is 4.25. The summed E-state index contributed by atoms with van der Waals surface area (Å²) in [6, 6.07) is 7.61. The van der Waals surface area contributed by atoms with Crippen molar-refractivity contribution in [3.8, 4) is 0 Å². The standard InChI is InChI=1S/C13H9BrF2N2O2/c14-9-2-1-8(13(3-9)18(19)20)7-17-12-5-10(15)4-11(16)6-12/h1-6,17H,7H2. The molecule has 0 unspecified atom stereocenters. The molecule has 1 N–H and O–H groups in total. The Morgan fingerprint density at radius 3 is 2.40 bits per heavy atom. The summed E-state index contributed by atoms with van der Waals surface area (Å²) < 4.78 is 26.6. The van der Waals surface area contributed by atoms with Crippen LogP contribution in [-0.4, -0.2) is 4.92 Å². The van der Waals surface area contributed by atoms with Gasteiger partial charge in [0.05, 0.1) is 4.92 Å². The number of nitro groups is 1. The molecule has 0 saturated heterocycles. The molecular formula is C13H9BrF2N2O2. The lowest BCUT2D eigenvalue weighted by molar-refractivity contribution is -0.385. The zero-order chi connectivity index (χ0) is 14.7. The van der Waals surface area contributed by atoms with Gasteiger partial charge in [-0.1, -0.05) is 15.9 Å². The minimum atomic E-state index is -0.710. The topological polar surface area (TPSA) is 55.2 Å². The Balaban J connectivity index is 2.20. The molecule has 2 aromatic carbocycles. The second kappa shape index (κ2) is 5.96. The average Bonchev–Trinajstić information content (AvgIpc) is 2.36. The maximum atomic E-state index is 13.0. The highest BCUT2D eigenvalue weighted by molar-refractivity contribution is 9.10. The largest absolute Gasteiger partial charge is 0.381 e. The van der Waals surface area contributed by atoms with E-state index in [1.54, 1.807) is 12.1 Å². The van der Waals surface area contributed by atoms with Crippen molar-refractivity contribution < 1.29 is 13.7 Å². The van der Waals surface area contributed by atoms with Crippen molar-refractivity contribution in [2.24, 2.45) is 0 Å². The van der Waals surface area contributed by atoms with Gasteiger partial charge in [-0.2, -0.15) is 0 Å². The van der Waals surface area contributed by atoms with Crippen LogP contribution < -0.4 is 5.32 Å². The van der Waals surface area contributed by atoms with E-state index in [9.17, 15) is 18.9 Å². The monoisotopic (exact) mass is 342 g/mol. The quantitative estimate of drug-likeness (QED) is 0.667. The molecule has 0 aromatic heterocycles. The van der Waals surface area contributed by atoms with Gasteiger partial charge in [0.2, 0.25) is 0 Å². The number of nitrogens with zero attached hydrogens (tertiary/aromatic N) is 1. The van der Waals surface area contributed by atoms with Crippen LogP contribution >= 0.6 is 15.9 Å². The van der Waals surface area contributed by atoms with Crippen LogP contribution in [0.25, 0.3) is 0 Å². The molecule has 0 aliphatic rings. The van der Waals surface area contributed by atoms with Crippen molar-refractivity contribution in [3.63, 3.8) is 0 Å². The molecule has 2 aromatic rings. The Kier molecular flexibility index (Phi) is 4.29. The first-order valence-electron chi connectivity index (χ1n) is 5.58. The summed E-state index contributed by atoms with van der Waals surface area (Å²) in [5, 5.41) is 13.7. The second-order valence-electron chi connectivity index (χ2n) is 4.04. The summed E-state index contributed by atoms with van der Waals surface area (Å²) in [5.41, 5.74) is 0.575. The lowest BCUT2D eigenvalue weighted by Crippen LogP contribution is -2.03. The van der Waals surface area contributed by atoms with Crippen molar-refractivity contribution in [3.05, 3.63) is 68.2 Å². The number of benzene rings is 2. The van der Waals surface area contributed by atoms with Crippen LogP contribution in [0.1, 0.15) is 5.56 Å². The van der Waals surface area contributed by atoms with Gasteiger partial charge < -0.3 is 5.32 Å². The van der Waals surface area contributed by atoms with Crippen LogP contribution in [-0.2, 0) is 6.54 Å². The van der Waals surface area contributed by atoms with Gasteiger partial charge in [-0.3, -0.25) is 10.1 Å². The fourth-order valence-electron chi connectivity index (χ4n) is 1.71. The number of halogens is 3. The van der Waals surface area contributed by atoms with Crippen LogP contribution in [0.5, 0.6) is 0 Å². The lowest BCUT2D eigenvalue weighted by atomic mass is 10.1. The van der Waals surface area contributed by atoms with E-state index >= 15 is 0 Å². The zero-order valence-corrected chi connectivity index (χ0v) is 11.7. The van der Waals surface area contributed by atoms with E-state index in [4.69, 9.17) is 0 Å². The highest BCUT2D eigenvalue weighted by atomic mass is 79.9. The van der Waals surface area contributed by atoms with Crippen LogP contribution in [0.3, 0.4) is 0 Å².